The number of rotatable bonds is 3. The van der Waals surface area contributed by atoms with Crippen LogP contribution >= 0.6 is 23.2 Å². The summed E-state index contributed by atoms with van der Waals surface area (Å²) in [7, 11) is 0. The number of hydrogen-bond acceptors (Lipinski definition) is 0. The van der Waals surface area contributed by atoms with Crippen LogP contribution in [-0.4, -0.2) is 0 Å². The van der Waals surface area contributed by atoms with Gasteiger partial charge in [-0.25, -0.2) is 0 Å². The van der Waals surface area contributed by atoms with E-state index in [-0.39, 0.29) is 0 Å². The summed E-state index contributed by atoms with van der Waals surface area (Å²) in [5, 5.41) is 1.55. The van der Waals surface area contributed by atoms with Crippen LogP contribution in [0.3, 0.4) is 0 Å². The van der Waals surface area contributed by atoms with Crippen molar-refractivity contribution in [2.75, 3.05) is 0 Å². The van der Waals surface area contributed by atoms with Gasteiger partial charge in [0.15, 0.2) is 0 Å². The summed E-state index contributed by atoms with van der Waals surface area (Å²) < 4.78 is 0. The fourth-order valence-corrected chi connectivity index (χ4v) is 1.55. The van der Waals surface area contributed by atoms with Crippen LogP contribution in [0.4, 0.5) is 0 Å². The van der Waals surface area contributed by atoms with E-state index in [4.69, 9.17) is 23.2 Å². The van der Waals surface area contributed by atoms with E-state index in [1.807, 2.05) is 31.2 Å². The predicted octanol–water partition coefficient (Wildman–Crippen LogP) is 4.50. The van der Waals surface area contributed by atoms with Gasteiger partial charge >= 0.3 is 0 Å². The summed E-state index contributed by atoms with van der Waals surface area (Å²) in [5.74, 6) is 0. The van der Waals surface area contributed by atoms with Crippen molar-refractivity contribution in [1.82, 2.24) is 0 Å². The van der Waals surface area contributed by atoms with Gasteiger partial charge in [0.2, 0.25) is 0 Å². The first-order valence-corrected chi connectivity index (χ1v) is 5.04. The highest BCUT2D eigenvalue weighted by atomic mass is 35.5. The molecule has 1 rings (SSSR count). The van der Waals surface area contributed by atoms with Crippen molar-refractivity contribution in [3.63, 3.8) is 0 Å². The first kappa shape index (κ1) is 10.6. The number of benzene rings is 1. The van der Waals surface area contributed by atoms with Crippen molar-refractivity contribution in [1.29, 1.82) is 0 Å². The molecule has 13 heavy (non-hydrogen) atoms. The zero-order chi connectivity index (χ0) is 9.68. The summed E-state index contributed by atoms with van der Waals surface area (Å²) in [4.78, 5) is 0. The summed E-state index contributed by atoms with van der Waals surface area (Å²) in [6.07, 6.45) is 6.12. The van der Waals surface area contributed by atoms with Crippen LogP contribution in [0.2, 0.25) is 10.0 Å². The molecular weight excluding hydrogens is 203 g/mol. The highest BCUT2D eigenvalue weighted by Gasteiger charge is 1.99. The molecule has 0 aliphatic rings. The molecule has 0 aliphatic carbocycles. The highest BCUT2D eigenvalue weighted by Crippen LogP contribution is 2.21. The molecule has 0 heterocycles. The van der Waals surface area contributed by atoms with E-state index in [0.717, 1.165) is 28.5 Å². The van der Waals surface area contributed by atoms with E-state index in [9.17, 15) is 0 Å². The van der Waals surface area contributed by atoms with Crippen LogP contribution in [0.5, 0.6) is 0 Å². The normalized spacial score (nSPS) is 11.0. The molecule has 1 aromatic carbocycles. The number of halogens is 2. The van der Waals surface area contributed by atoms with Gasteiger partial charge in [0, 0.05) is 10.0 Å². The van der Waals surface area contributed by atoms with Crippen molar-refractivity contribution in [3.05, 3.63) is 46.0 Å². The van der Waals surface area contributed by atoms with E-state index < -0.39 is 0 Å². The Morgan fingerprint density at radius 3 is 2.77 bits per heavy atom. The fraction of sp³-hybridized carbons (Fsp3) is 0.273. The second-order valence-electron chi connectivity index (χ2n) is 2.84. The molecule has 1 aromatic rings. The zero-order valence-electron chi connectivity index (χ0n) is 7.56. The predicted molar refractivity (Wildman–Crippen MR) is 59.6 cm³/mol. The van der Waals surface area contributed by atoms with Crippen molar-refractivity contribution in [2.24, 2.45) is 0 Å². The molecule has 0 atom stereocenters. The molecule has 0 nitrogen and oxygen atoms in total. The summed E-state index contributed by atoms with van der Waals surface area (Å²) in [5.41, 5.74) is 1.12. The topological polar surface area (TPSA) is 0 Å². The van der Waals surface area contributed by atoms with Crippen molar-refractivity contribution in [3.8, 4) is 0 Å². The average molecular weight is 215 g/mol. The van der Waals surface area contributed by atoms with Crippen molar-refractivity contribution >= 4 is 23.2 Å². The molecule has 0 saturated heterocycles. The Kier molecular flexibility index (Phi) is 4.34. The molecule has 70 valence electrons. The van der Waals surface area contributed by atoms with Crippen LogP contribution in [0.1, 0.15) is 18.9 Å². The van der Waals surface area contributed by atoms with Gasteiger partial charge in [0.25, 0.3) is 0 Å². The van der Waals surface area contributed by atoms with E-state index in [2.05, 4.69) is 6.08 Å². The summed E-state index contributed by atoms with van der Waals surface area (Å²) >= 11 is 11.8. The Balaban J connectivity index is 2.69. The Hall–Kier alpha value is -0.460. The Labute approximate surface area is 89.2 Å². The third-order valence-electron chi connectivity index (χ3n) is 1.82. The van der Waals surface area contributed by atoms with Gasteiger partial charge in [0.05, 0.1) is 0 Å². The lowest BCUT2D eigenvalue weighted by molar-refractivity contribution is 1.000. The third-order valence-corrected chi connectivity index (χ3v) is 2.43. The standard InChI is InChI=1S/C11H12Cl2/c1-2-3-4-5-9-8-10(12)6-7-11(9)13/h2-3,6-8H,4-5H2,1H3/b3-2-. The minimum absolute atomic E-state index is 0.750. The first-order valence-electron chi connectivity index (χ1n) is 4.29. The molecule has 0 saturated carbocycles. The van der Waals surface area contributed by atoms with Gasteiger partial charge in [-0.2, -0.15) is 0 Å². The quantitative estimate of drug-likeness (QED) is 0.651. The number of aryl methyl sites for hydroxylation is 1. The SMILES string of the molecule is C/C=C\CCc1cc(Cl)ccc1Cl. The Bertz CT molecular complexity index is 303. The monoisotopic (exact) mass is 214 g/mol. The molecule has 0 radical (unpaired) electrons. The van der Waals surface area contributed by atoms with Crippen molar-refractivity contribution < 1.29 is 0 Å². The number of hydrogen-bond donors (Lipinski definition) is 0. The van der Waals surface area contributed by atoms with Crippen LogP contribution < -0.4 is 0 Å². The second kappa shape index (κ2) is 5.31. The maximum atomic E-state index is 5.99. The van der Waals surface area contributed by atoms with Crippen LogP contribution in [0.15, 0.2) is 30.4 Å². The molecule has 0 spiro atoms. The minimum Gasteiger partial charge on any atom is -0.0917 e. The molecule has 0 amide bonds. The van der Waals surface area contributed by atoms with Gasteiger partial charge in [-0.1, -0.05) is 35.4 Å². The second-order valence-corrected chi connectivity index (χ2v) is 3.69. The molecule has 0 unspecified atom stereocenters. The Morgan fingerprint density at radius 1 is 1.31 bits per heavy atom. The average Bonchev–Trinajstić information content (AvgIpc) is 2.11. The fourth-order valence-electron chi connectivity index (χ4n) is 1.14. The molecule has 0 aliphatic heterocycles. The lowest BCUT2D eigenvalue weighted by Gasteiger charge is -2.02. The maximum absolute atomic E-state index is 5.99. The lowest BCUT2D eigenvalue weighted by atomic mass is 10.1. The zero-order valence-corrected chi connectivity index (χ0v) is 9.07. The van der Waals surface area contributed by atoms with Gasteiger partial charge in [-0.3, -0.25) is 0 Å². The van der Waals surface area contributed by atoms with Gasteiger partial charge in [-0.15, -0.1) is 0 Å². The maximum Gasteiger partial charge on any atom is 0.0439 e. The van der Waals surface area contributed by atoms with Crippen LogP contribution in [-0.2, 0) is 6.42 Å². The largest absolute Gasteiger partial charge is 0.0917 e. The number of allylic oxidation sites excluding steroid dienone is 2. The molecule has 2 heteroatoms. The first-order chi connectivity index (χ1) is 6.24. The summed E-state index contributed by atoms with van der Waals surface area (Å²) in [6, 6.07) is 5.57. The van der Waals surface area contributed by atoms with Crippen molar-refractivity contribution in [2.45, 2.75) is 19.8 Å². The van der Waals surface area contributed by atoms with E-state index in [1.54, 1.807) is 0 Å². The Morgan fingerprint density at radius 2 is 2.08 bits per heavy atom. The molecule has 0 bridgehead atoms. The van der Waals surface area contributed by atoms with E-state index in [1.165, 1.54) is 0 Å². The molecular formula is C11H12Cl2. The van der Waals surface area contributed by atoms with Gasteiger partial charge in [0.1, 0.15) is 0 Å². The van der Waals surface area contributed by atoms with Gasteiger partial charge in [-0.05, 0) is 43.5 Å². The summed E-state index contributed by atoms with van der Waals surface area (Å²) in [6.45, 7) is 2.01. The van der Waals surface area contributed by atoms with Crippen LogP contribution in [0.25, 0.3) is 0 Å². The van der Waals surface area contributed by atoms with E-state index >= 15 is 0 Å². The van der Waals surface area contributed by atoms with Gasteiger partial charge < -0.3 is 0 Å². The molecule has 0 N–H and O–H groups in total. The minimum atomic E-state index is 0.750. The van der Waals surface area contributed by atoms with E-state index in [0.29, 0.717) is 0 Å². The van der Waals surface area contributed by atoms with Crippen LogP contribution in [0, 0.1) is 0 Å². The lowest BCUT2D eigenvalue weighted by Crippen LogP contribution is -1.84. The molecule has 0 fully saturated rings. The molecule has 0 aromatic heterocycles. The highest BCUT2D eigenvalue weighted by molar-refractivity contribution is 6.33. The smallest absolute Gasteiger partial charge is 0.0439 e. The third kappa shape index (κ3) is 3.41.